The number of ether oxygens (including phenoxy) is 1. The van der Waals surface area contributed by atoms with E-state index in [1.54, 1.807) is 19.1 Å². The van der Waals surface area contributed by atoms with E-state index in [1.807, 2.05) is 12.1 Å². The first kappa shape index (κ1) is 12.5. The summed E-state index contributed by atoms with van der Waals surface area (Å²) >= 11 is 0. The molecule has 0 heterocycles. The summed E-state index contributed by atoms with van der Waals surface area (Å²) in [5, 5.41) is 17.3. The highest BCUT2D eigenvalue weighted by atomic mass is 16.5. The summed E-state index contributed by atoms with van der Waals surface area (Å²) in [5.74, 6) is -0.222. The quantitative estimate of drug-likeness (QED) is 0.767. The van der Waals surface area contributed by atoms with Crippen LogP contribution in [0.15, 0.2) is 24.3 Å². The predicted octanol–water partition coefficient (Wildman–Crippen LogP) is 1.46. The van der Waals surface area contributed by atoms with Crippen LogP contribution in [0.4, 0.5) is 0 Å². The third-order valence-electron chi connectivity index (χ3n) is 2.12. The molecule has 0 bridgehead atoms. The Morgan fingerprint density at radius 2 is 2.00 bits per heavy atom. The van der Waals surface area contributed by atoms with Crippen molar-refractivity contribution in [1.82, 2.24) is 0 Å². The molecule has 0 saturated heterocycles. The maximum atomic E-state index is 10.4. The van der Waals surface area contributed by atoms with Crippen LogP contribution in [0.1, 0.15) is 18.9 Å². The number of hydrogen-bond donors (Lipinski definition) is 2. The maximum absolute atomic E-state index is 10.4. The molecule has 0 aliphatic carbocycles. The van der Waals surface area contributed by atoms with E-state index in [4.69, 9.17) is 14.9 Å². The Labute approximate surface area is 94.5 Å². The van der Waals surface area contributed by atoms with Crippen molar-refractivity contribution in [3.05, 3.63) is 29.8 Å². The van der Waals surface area contributed by atoms with Crippen molar-refractivity contribution < 1.29 is 19.7 Å². The van der Waals surface area contributed by atoms with Crippen LogP contribution in [-0.2, 0) is 11.2 Å². The Balaban J connectivity index is 2.51. The molecule has 16 heavy (non-hydrogen) atoms. The molecule has 0 unspecified atom stereocenters. The fraction of sp³-hybridized carbons (Fsp3) is 0.417. The Hall–Kier alpha value is -1.55. The summed E-state index contributed by atoms with van der Waals surface area (Å²) in [6.07, 6.45) is 0.254. The summed E-state index contributed by atoms with van der Waals surface area (Å²) in [7, 11) is 0. The first-order valence-corrected chi connectivity index (χ1v) is 5.20. The van der Waals surface area contributed by atoms with Gasteiger partial charge in [-0.05, 0) is 31.0 Å². The Morgan fingerprint density at radius 1 is 1.38 bits per heavy atom. The highest BCUT2D eigenvalue weighted by Gasteiger charge is 2.08. The first-order chi connectivity index (χ1) is 7.61. The fourth-order valence-corrected chi connectivity index (χ4v) is 1.38. The van der Waals surface area contributed by atoms with Gasteiger partial charge >= 0.3 is 5.97 Å². The summed E-state index contributed by atoms with van der Waals surface area (Å²) < 4.78 is 5.41. The molecule has 4 heteroatoms. The molecule has 0 aliphatic rings. The Kier molecular flexibility index (Phi) is 4.79. The van der Waals surface area contributed by atoms with Gasteiger partial charge in [-0.25, -0.2) is 0 Å². The van der Waals surface area contributed by atoms with E-state index in [1.165, 1.54) is 0 Å². The van der Waals surface area contributed by atoms with Crippen molar-refractivity contribution in [2.24, 2.45) is 0 Å². The summed E-state index contributed by atoms with van der Waals surface area (Å²) in [4.78, 5) is 10.4. The van der Waals surface area contributed by atoms with Gasteiger partial charge in [-0.1, -0.05) is 12.1 Å². The lowest BCUT2D eigenvalue weighted by atomic mass is 10.1. The van der Waals surface area contributed by atoms with Gasteiger partial charge in [0, 0.05) is 6.61 Å². The highest BCUT2D eigenvalue weighted by molar-refractivity contribution is 5.67. The first-order valence-electron chi connectivity index (χ1n) is 5.20. The van der Waals surface area contributed by atoms with Crippen molar-refractivity contribution in [1.29, 1.82) is 0 Å². The predicted molar refractivity (Wildman–Crippen MR) is 59.6 cm³/mol. The minimum absolute atomic E-state index is 0.0155. The molecule has 0 fully saturated rings. The van der Waals surface area contributed by atoms with Crippen LogP contribution < -0.4 is 4.74 Å². The number of carbonyl (C=O) groups is 1. The van der Waals surface area contributed by atoms with Crippen LogP contribution in [0.3, 0.4) is 0 Å². The fourth-order valence-electron chi connectivity index (χ4n) is 1.38. The second-order valence-electron chi connectivity index (χ2n) is 3.64. The topological polar surface area (TPSA) is 66.8 Å². The third-order valence-corrected chi connectivity index (χ3v) is 2.12. The van der Waals surface area contributed by atoms with Gasteiger partial charge in [0.2, 0.25) is 0 Å². The Morgan fingerprint density at radius 3 is 2.50 bits per heavy atom. The SMILES string of the molecule is C[C@H](CC(=O)O)Oc1ccc(CCO)cc1. The van der Waals surface area contributed by atoms with Crippen LogP contribution in [0.2, 0.25) is 0 Å². The standard InChI is InChI=1S/C12H16O4/c1-9(8-12(14)15)16-11-4-2-10(3-5-11)6-7-13/h2-5,9,13H,6-8H2,1H3,(H,14,15)/t9-/m1/s1. The largest absolute Gasteiger partial charge is 0.490 e. The molecule has 1 atom stereocenters. The minimum Gasteiger partial charge on any atom is -0.490 e. The number of aliphatic hydroxyl groups excluding tert-OH is 1. The van der Waals surface area contributed by atoms with Crippen LogP contribution in [0, 0.1) is 0 Å². The zero-order valence-electron chi connectivity index (χ0n) is 9.22. The number of carboxylic acid groups (broad SMARTS) is 1. The summed E-state index contributed by atoms with van der Waals surface area (Å²) in [6, 6.07) is 7.28. The molecular formula is C12H16O4. The number of hydrogen-bond acceptors (Lipinski definition) is 3. The number of rotatable bonds is 6. The van der Waals surface area contributed by atoms with Gasteiger partial charge in [0.05, 0.1) is 6.42 Å². The molecule has 1 rings (SSSR count). The van der Waals surface area contributed by atoms with Gasteiger partial charge < -0.3 is 14.9 Å². The lowest BCUT2D eigenvalue weighted by molar-refractivity contribution is -0.138. The molecule has 4 nitrogen and oxygen atoms in total. The van der Waals surface area contributed by atoms with E-state index >= 15 is 0 Å². The van der Waals surface area contributed by atoms with E-state index in [0.29, 0.717) is 12.2 Å². The van der Waals surface area contributed by atoms with Crippen molar-refractivity contribution in [3.8, 4) is 5.75 Å². The van der Waals surface area contributed by atoms with E-state index in [0.717, 1.165) is 5.56 Å². The number of aliphatic hydroxyl groups is 1. The Bertz CT molecular complexity index is 331. The average Bonchev–Trinajstić information content (AvgIpc) is 2.20. The lowest BCUT2D eigenvalue weighted by Gasteiger charge is -2.12. The molecule has 1 aromatic rings. The smallest absolute Gasteiger partial charge is 0.307 e. The molecular weight excluding hydrogens is 208 g/mol. The highest BCUT2D eigenvalue weighted by Crippen LogP contribution is 2.15. The van der Waals surface area contributed by atoms with Gasteiger partial charge in [-0.3, -0.25) is 4.79 Å². The van der Waals surface area contributed by atoms with E-state index in [-0.39, 0.29) is 19.1 Å². The van der Waals surface area contributed by atoms with Crippen molar-refractivity contribution in [2.75, 3.05) is 6.61 Å². The normalized spacial score (nSPS) is 12.1. The molecule has 0 radical (unpaired) electrons. The van der Waals surface area contributed by atoms with Crippen LogP contribution >= 0.6 is 0 Å². The van der Waals surface area contributed by atoms with Gasteiger partial charge in [-0.15, -0.1) is 0 Å². The van der Waals surface area contributed by atoms with Crippen molar-refractivity contribution in [3.63, 3.8) is 0 Å². The molecule has 0 aromatic heterocycles. The van der Waals surface area contributed by atoms with E-state index in [9.17, 15) is 4.79 Å². The van der Waals surface area contributed by atoms with Crippen LogP contribution in [0.5, 0.6) is 5.75 Å². The molecule has 2 N–H and O–H groups in total. The average molecular weight is 224 g/mol. The van der Waals surface area contributed by atoms with Gasteiger partial charge in [-0.2, -0.15) is 0 Å². The summed E-state index contributed by atoms with van der Waals surface area (Å²) in [6.45, 7) is 1.84. The lowest BCUT2D eigenvalue weighted by Crippen LogP contribution is -2.16. The van der Waals surface area contributed by atoms with Crippen molar-refractivity contribution >= 4 is 5.97 Å². The second kappa shape index (κ2) is 6.12. The molecule has 0 saturated carbocycles. The number of aliphatic carboxylic acids is 1. The molecule has 0 spiro atoms. The maximum Gasteiger partial charge on any atom is 0.307 e. The monoisotopic (exact) mass is 224 g/mol. The molecule has 0 amide bonds. The third kappa shape index (κ3) is 4.31. The van der Waals surface area contributed by atoms with E-state index < -0.39 is 5.97 Å². The number of benzene rings is 1. The molecule has 0 aliphatic heterocycles. The number of carboxylic acids is 1. The van der Waals surface area contributed by atoms with Gasteiger partial charge in [0.25, 0.3) is 0 Å². The second-order valence-corrected chi connectivity index (χ2v) is 3.64. The molecule has 88 valence electrons. The molecule has 1 aromatic carbocycles. The van der Waals surface area contributed by atoms with Crippen LogP contribution in [0.25, 0.3) is 0 Å². The zero-order chi connectivity index (χ0) is 12.0. The summed E-state index contributed by atoms with van der Waals surface area (Å²) in [5.41, 5.74) is 1.03. The van der Waals surface area contributed by atoms with Gasteiger partial charge in [0.1, 0.15) is 11.9 Å². The van der Waals surface area contributed by atoms with Gasteiger partial charge in [0.15, 0.2) is 0 Å². The van der Waals surface area contributed by atoms with Crippen LogP contribution in [-0.4, -0.2) is 28.9 Å². The van der Waals surface area contributed by atoms with E-state index in [2.05, 4.69) is 0 Å². The minimum atomic E-state index is -0.871. The zero-order valence-corrected chi connectivity index (χ0v) is 9.22. The van der Waals surface area contributed by atoms with Crippen molar-refractivity contribution in [2.45, 2.75) is 25.9 Å².